The molecule has 2 rings (SSSR count). The Bertz CT molecular complexity index is 588. The normalized spacial score (nSPS) is 10.6. The lowest BCUT2D eigenvalue weighted by Gasteiger charge is -1.96. The lowest BCUT2D eigenvalue weighted by Crippen LogP contribution is -2.06. The van der Waals surface area contributed by atoms with Crippen molar-refractivity contribution in [3.05, 3.63) is 16.3 Å². The SMILES string of the molecule is CCOC(=O)c1nc(-c2c(N)sc(C)c2C)n[nH]1. The number of nitrogens with zero attached hydrogens (tertiary/aromatic N) is 2. The second kappa shape index (κ2) is 4.77. The highest BCUT2D eigenvalue weighted by atomic mass is 32.1. The van der Waals surface area contributed by atoms with Crippen LogP contribution in [0.3, 0.4) is 0 Å². The van der Waals surface area contributed by atoms with Crippen LogP contribution in [-0.2, 0) is 4.74 Å². The third-order valence-electron chi connectivity index (χ3n) is 2.59. The van der Waals surface area contributed by atoms with Crippen molar-refractivity contribution in [3.63, 3.8) is 0 Å². The molecule has 0 saturated heterocycles. The summed E-state index contributed by atoms with van der Waals surface area (Å²) < 4.78 is 4.84. The molecule has 96 valence electrons. The topological polar surface area (TPSA) is 93.9 Å². The van der Waals surface area contributed by atoms with E-state index in [-0.39, 0.29) is 5.82 Å². The lowest BCUT2D eigenvalue weighted by atomic mass is 10.1. The minimum atomic E-state index is -0.514. The summed E-state index contributed by atoms with van der Waals surface area (Å²) in [6.45, 7) is 5.98. The number of rotatable bonds is 3. The van der Waals surface area contributed by atoms with E-state index in [9.17, 15) is 4.79 Å². The van der Waals surface area contributed by atoms with Crippen LogP contribution in [0.1, 0.15) is 28.0 Å². The molecule has 2 aromatic rings. The fraction of sp³-hybridized carbons (Fsp3) is 0.364. The fourth-order valence-corrected chi connectivity index (χ4v) is 2.53. The average molecular weight is 266 g/mol. The molecule has 0 aliphatic heterocycles. The van der Waals surface area contributed by atoms with Crippen LogP contribution >= 0.6 is 11.3 Å². The van der Waals surface area contributed by atoms with Crippen LogP contribution in [0.2, 0.25) is 0 Å². The van der Waals surface area contributed by atoms with Crippen LogP contribution in [0.15, 0.2) is 0 Å². The van der Waals surface area contributed by atoms with Gasteiger partial charge in [0.05, 0.1) is 17.2 Å². The van der Waals surface area contributed by atoms with E-state index in [1.165, 1.54) is 11.3 Å². The number of anilines is 1. The summed E-state index contributed by atoms with van der Waals surface area (Å²) in [6.07, 6.45) is 0. The molecule has 0 fully saturated rings. The molecule has 6 nitrogen and oxygen atoms in total. The van der Waals surface area contributed by atoms with Crippen molar-refractivity contribution in [2.24, 2.45) is 0 Å². The molecule has 0 atom stereocenters. The number of H-pyrrole nitrogens is 1. The standard InChI is InChI=1S/C11H14N4O2S/c1-4-17-11(16)10-13-9(14-15-10)7-5(2)6(3)18-8(7)12/h4,12H2,1-3H3,(H,13,14,15). The predicted molar refractivity (Wildman–Crippen MR) is 69.5 cm³/mol. The van der Waals surface area contributed by atoms with Crippen molar-refractivity contribution >= 4 is 22.3 Å². The number of ether oxygens (including phenoxy) is 1. The number of carbonyl (C=O) groups excluding carboxylic acids is 1. The summed E-state index contributed by atoms with van der Waals surface area (Å²) in [5, 5.41) is 7.23. The van der Waals surface area contributed by atoms with Crippen LogP contribution in [-0.4, -0.2) is 27.8 Å². The van der Waals surface area contributed by atoms with E-state index in [1.54, 1.807) is 6.92 Å². The Kier molecular flexibility index (Phi) is 3.33. The molecule has 2 aromatic heterocycles. The molecular formula is C11H14N4O2S. The Labute approximate surface area is 108 Å². The first-order valence-electron chi connectivity index (χ1n) is 5.50. The number of esters is 1. The maximum atomic E-state index is 11.5. The van der Waals surface area contributed by atoms with E-state index >= 15 is 0 Å². The van der Waals surface area contributed by atoms with E-state index in [0.29, 0.717) is 17.4 Å². The molecule has 0 radical (unpaired) electrons. The molecule has 3 N–H and O–H groups in total. The van der Waals surface area contributed by atoms with Gasteiger partial charge in [0.2, 0.25) is 5.82 Å². The molecule has 0 saturated carbocycles. The Morgan fingerprint density at radius 2 is 2.22 bits per heavy atom. The van der Waals surface area contributed by atoms with Gasteiger partial charge in [-0.2, -0.15) is 5.10 Å². The summed E-state index contributed by atoms with van der Waals surface area (Å²) in [5.74, 6) is 0.00586. The number of aryl methyl sites for hydroxylation is 1. The zero-order valence-electron chi connectivity index (χ0n) is 10.4. The molecule has 18 heavy (non-hydrogen) atoms. The van der Waals surface area contributed by atoms with E-state index in [2.05, 4.69) is 15.2 Å². The minimum absolute atomic E-state index is 0.0921. The van der Waals surface area contributed by atoms with E-state index in [4.69, 9.17) is 10.5 Å². The molecule has 0 spiro atoms. The lowest BCUT2D eigenvalue weighted by molar-refractivity contribution is 0.0512. The van der Waals surface area contributed by atoms with Crippen molar-refractivity contribution in [1.29, 1.82) is 0 Å². The van der Waals surface area contributed by atoms with Crippen LogP contribution in [0.25, 0.3) is 11.4 Å². The van der Waals surface area contributed by atoms with Crippen LogP contribution in [0, 0.1) is 13.8 Å². The number of aromatic amines is 1. The van der Waals surface area contributed by atoms with Crippen LogP contribution in [0.5, 0.6) is 0 Å². The van der Waals surface area contributed by atoms with E-state index in [1.807, 2.05) is 13.8 Å². The van der Waals surface area contributed by atoms with Gasteiger partial charge in [0, 0.05) is 4.88 Å². The molecule has 0 unspecified atom stereocenters. The molecular weight excluding hydrogens is 252 g/mol. The fourth-order valence-electron chi connectivity index (χ4n) is 1.60. The second-order valence-corrected chi connectivity index (χ2v) is 5.01. The third kappa shape index (κ3) is 2.08. The molecule has 7 heteroatoms. The van der Waals surface area contributed by atoms with Gasteiger partial charge in [-0.1, -0.05) is 0 Å². The number of aromatic nitrogens is 3. The van der Waals surface area contributed by atoms with Crippen molar-refractivity contribution < 1.29 is 9.53 Å². The zero-order valence-corrected chi connectivity index (χ0v) is 11.2. The molecule has 0 aliphatic rings. The minimum Gasteiger partial charge on any atom is -0.460 e. The number of carbonyl (C=O) groups is 1. The van der Waals surface area contributed by atoms with Crippen molar-refractivity contribution in [2.75, 3.05) is 12.3 Å². The number of nitrogen functional groups attached to an aromatic ring is 1. The quantitative estimate of drug-likeness (QED) is 0.827. The number of nitrogens with two attached hydrogens (primary N) is 1. The van der Waals surface area contributed by atoms with E-state index in [0.717, 1.165) is 16.0 Å². The largest absolute Gasteiger partial charge is 0.460 e. The van der Waals surface area contributed by atoms with Gasteiger partial charge in [-0.05, 0) is 26.3 Å². The second-order valence-electron chi connectivity index (χ2n) is 3.75. The van der Waals surface area contributed by atoms with Crippen LogP contribution < -0.4 is 5.73 Å². The maximum Gasteiger partial charge on any atom is 0.375 e. The third-order valence-corrected chi connectivity index (χ3v) is 3.63. The first-order chi connectivity index (χ1) is 8.54. The summed E-state index contributed by atoms with van der Waals surface area (Å²) in [4.78, 5) is 16.7. The molecule has 0 aliphatic carbocycles. The number of nitrogens with one attached hydrogen (secondary N) is 1. The van der Waals surface area contributed by atoms with Gasteiger partial charge in [0.1, 0.15) is 0 Å². The number of hydrogen-bond acceptors (Lipinski definition) is 6. The highest BCUT2D eigenvalue weighted by Gasteiger charge is 2.19. The van der Waals surface area contributed by atoms with Gasteiger partial charge < -0.3 is 10.5 Å². The highest BCUT2D eigenvalue weighted by molar-refractivity contribution is 7.16. The van der Waals surface area contributed by atoms with E-state index < -0.39 is 5.97 Å². The van der Waals surface area contributed by atoms with Gasteiger partial charge in [-0.3, -0.25) is 5.10 Å². The first-order valence-corrected chi connectivity index (χ1v) is 6.31. The summed E-state index contributed by atoms with van der Waals surface area (Å²) in [7, 11) is 0. The molecule has 0 aromatic carbocycles. The summed E-state index contributed by atoms with van der Waals surface area (Å²) in [6, 6.07) is 0. The van der Waals surface area contributed by atoms with Crippen molar-refractivity contribution in [2.45, 2.75) is 20.8 Å². The smallest absolute Gasteiger partial charge is 0.375 e. The first kappa shape index (κ1) is 12.6. The Hall–Kier alpha value is -1.89. The summed E-state index contributed by atoms with van der Waals surface area (Å²) >= 11 is 1.49. The van der Waals surface area contributed by atoms with Gasteiger partial charge in [-0.15, -0.1) is 11.3 Å². The maximum absolute atomic E-state index is 11.5. The summed E-state index contributed by atoms with van der Waals surface area (Å²) in [5.41, 5.74) is 7.74. The monoisotopic (exact) mass is 266 g/mol. The number of hydrogen-bond donors (Lipinski definition) is 2. The molecule has 0 bridgehead atoms. The highest BCUT2D eigenvalue weighted by Crippen LogP contribution is 2.36. The van der Waals surface area contributed by atoms with Gasteiger partial charge in [0.25, 0.3) is 0 Å². The van der Waals surface area contributed by atoms with Gasteiger partial charge in [0.15, 0.2) is 5.82 Å². The van der Waals surface area contributed by atoms with Crippen molar-refractivity contribution in [3.8, 4) is 11.4 Å². The van der Waals surface area contributed by atoms with Gasteiger partial charge >= 0.3 is 5.97 Å². The number of thiophene rings is 1. The molecule has 0 amide bonds. The Morgan fingerprint density at radius 3 is 2.78 bits per heavy atom. The van der Waals surface area contributed by atoms with Crippen LogP contribution in [0.4, 0.5) is 5.00 Å². The Morgan fingerprint density at radius 1 is 1.50 bits per heavy atom. The zero-order chi connectivity index (χ0) is 13.3. The molecule has 2 heterocycles. The van der Waals surface area contributed by atoms with Crippen molar-refractivity contribution in [1.82, 2.24) is 15.2 Å². The average Bonchev–Trinajstić information content (AvgIpc) is 2.86. The predicted octanol–water partition coefficient (Wildman–Crippen LogP) is 1.91. The Balaban J connectivity index is 2.38. The van der Waals surface area contributed by atoms with Gasteiger partial charge in [-0.25, -0.2) is 9.78 Å².